The van der Waals surface area contributed by atoms with Crippen molar-refractivity contribution in [1.29, 1.82) is 0 Å². The zero-order chi connectivity index (χ0) is 31.1. The van der Waals surface area contributed by atoms with Gasteiger partial charge in [-0.2, -0.15) is 0 Å². The van der Waals surface area contributed by atoms with E-state index >= 15 is 0 Å². The molecule has 0 aliphatic carbocycles. The largest absolute Gasteiger partial charge is 0.493 e. The average Bonchev–Trinajstić information content (AvgIpc) is 3.31. The van der Waals surface area contributed by atoms with Gasteiger partial charge in [-0.1, -0.05) is 70.5 Å². The van der Waals surface area contributed by atoms with Gasteiger partial charge >= 0.3 is 5.91 Å². The van der Waals surface area contributed by atoms with E-state index in [0.717, 1.165) is 15.6 Å². The van der Waals surface area contributed by atoms with Gasteiger partial charge in [0, 0.05) is 22.0 Å². The van der Waals surface area contributed by atoms with E-state index in [-0.39, 0.29) is 17.3 Å². The molecule has 10 heteroatoms. The Morgan fingerprint density at radius 3 is 2.32 bits per heavy atom. The van der Waals surface area contributed by atoms with Crippen molar-refractivity contribution in [2.45, 2.75) is 13.0 Å². The Balaban J connectivity index is 1.50. The normalized spacial score (nSPS) is 11.6. The minimum Gasteiger partial charge on any atom is -0.493 e. The van der Waals surface area contributed by atoms with Gasteiger partial charge in [-0.05, 0) is 66.1 Å². The molecule has 4 aromatic carbocycles. The molecule has 44 heavy (non-hydrogen) atoms. The molecule has 0 atom stereocenters. The number of amides is 2. The Bertz CT molecular complexity index is 1870. The second-order valence-electron chi connectivity index (χ2n) is 9.72. The van der Waals surface area contributed by atoms with E-state index in [1.807, 2.05) is 48.5 Å². The third-order valence-corrected chi connectivity index (χ3v) is 7.41. The summed E-state index contributed by atoms with van der Waals surface area (Å²) in [5.41, 5.74) is 2.79. The van der Waals surface area contributed by atoms with Crippen molar-refractivity contribution in [3.8, 4) is 17.4 Å². The lowest BCUT2D eigenvalue weighted by atomic mass is 10.1. The molecule has 2 N–H and O–H groups in total. The predicted octanol–water partition coefficient (Wildman–Crippen LogP) is 7.45. The molecule has 1 heterocycles. The zero-order valence-electron chi connectivity index (χ0n) is 24.0. The summed E-state index contributed by atoms with van der Waals surface area (Å²) in [4.78, 5) is 26.5. The summed E-state index contributed by atoms with van der Waals surface area (Å²) in [5, 5.41) is 22.7. The Hall–Kier alpha value is -5.22. The Kier molecular flexibility index (Phi) is 9.51. The number of ether oxygens (including phenoxy) is 2. The number of halogens is 1. The zero-order valence-corrected chi connectivity index (χ0v) is 25.6. The van der Waals surface area contributed by atoms with E-state index in [1.165, 1.54) is 20.3 Å². The molecular formula is C34H29BrN4O5. The number of methoxy groups -OCH3 is 2. The van der Waals surface area contributed by atoms with Gasteiger partial charge < -0.3 is 24.5 Å². The van der Waals surface area contributed by atoms with Crippen molar-refractivity contribution in [3.63, 3.8) is 0 Å². The van der Waals surface area contributed by atoms with Gasteiger partial charge in [-0.15, -0.1) is 10.2 Å². The van der Waals surface area contributed by atoms with Crippen molar-refractivity contribution in [2.75, 3.05) is 14.2 Å². The Labute approximate surface area is 262 Å². The number of azo groups is 1. The first-order valence-electron chi connectivity index (χ1n) is 13.7. The number of carbonyl (C=O) groups is 2. The van der Waals surface area contributed by atoms with E-state index in [0.29, 0.717) is 41.0 Å². The van der Waals surface area contributed by atoms with Gasteiger partial charge in [0.2, 0.25) is 5.88 Å². The van der Waals surface area contributed by atoms with Crippen LogP contribution in [0.25, 0.3) is 17.0 Å². The molecule has 2 amide bonds. The van der Waals surface area contributed by atoms with Crippen molar-refractivity contribution in [3.05, 3.63) is 124 Å². The van der Waals surface area contributed by atoms with Crippen LogP contribution in [0.5, 0.6) is 17.4 Å². The molecule has 1 aromatic heterocycles. The van der Waals surface area contributed by atoms with Gasteiger partial charge in [0.1, 0.15) is 5.70 Å². The van der Waals surface area contributed by atoms with E-state index in [2.05, 4.69) is 31.5 Å². The van der Waals surface area contributed by atoms with Crippen LogP contribution in [0.4, 0.5) is 5.69 Å². The highest BCUT2D eigenvalue weighted by Crippen LogP contribution is 2.40. The maximum atomic E-state index is 13.5. The molecule has 0 fully saturated rings. The van der Waals surface area contributed by atoms with E-state index in [4.69, 9.17) is 9.47 Å². The topological polar surface area (TPSA) is 115 Å². The van der Waals surface area contributed by atoms with E-state index in [1.54, 1.807) is 53.1 Å². The van der Waals surface area contributed by atoms with Crippen LogP contribution in [0, 0.1) is 0 Å². The number of carbonyl (C=O) groups excluding carboxylic acids is 2. The maximum Gasteiger partial charge on any atom is 0.311 e. The summed E-state index contributed by atoms with van der Waals surface area (Å²) in [6, 6.07) is 29.1. The predicted molar refractivity (Wildman–Crippen MR) is 172 cm³/mol. The molecule has 5 rings (SSSR count). The molecule has 0 aliphatic heterocycles. The molecule has 0 unspecified atom stereocenters. The minimum atomic E-state index is -0.816. The second-order valence-corrected chi connectivity index (χ2v) is 10.6. The smallest absolute Gasteiger partial charge is 0.311 e. The lowest BCUT2D eigenvalue weighted by molar-refractivity contribution is -0.115. The highest BCUT2D eigenvalue weighted by molar-refractivity contribution is 9.10. The average molecular weight is 654 g/mol. The SMILES string of the molecule is COc1ccc(/C=C(/NC(=O)c2ccccc2)C(=O)N=Nc2c(O)n(CCc3ccccc3)c3ccc(Br)cc23)cc1OC. The number of aryl methyl sites for hydroxylation is 2. The minimum absolute atomic E-state index is 0.121. The molecule has 222 valence electrons. The fourth-order valence-corrected chi connectivity index (χ4v) is 5.06. The molecule has 0 aliphatic rings. The number of nitrogens with one attached hydrogen (secondary N) is 1. The van der Waals surface area contributed by atoms with Gasteiger partial charge in [0.05, 0.1) is 19.7 Å². The number of aromatic nitrogens is 1. The summed E-state index contributed by atoms with van der Waals surface area (Å²) in [5.74, 6) is -0.475. The highest BCUT2D eigenvalue weighted by atomic mass is 79.9. The van der Waals surface area contributed by atoms with Crippen LogP contribution < -0.4 is 14.8 Å². The summed E-state index contributed by atoms with van der Waals surface area (Å²) in [7, 11) is 3.03. The number of aromatic hydroxyl groups is 1. The molecule has 5 aromatic rings. The molecule has 0 saturated carbocycles. The third-order valence-electron chi connectivity index (χ3n) is 6.91. The second kappa shape index (κ2) is 13.8. The fraction of sp³-hybridized carbons (Fsp3) is 0.118. The Morgan fingerprint density at radius 1 is 0.909 bits per heavy atom. The van der Waals surface area contributed by atoms with Crippen LogP contribution in [0.3, 0.4) is 0 Å². The van der Waals surface area contributed by atoms with Crippen molar-refractivity contribution < 1.29 is 24.2 Å². The maximum absolute atomic E-state index is 13.5. The van der Waals surface area contributed by atoms with Gasteiger partial charge in [-0.25, -0.2) is 0 Å². The van der Waals surface area contributed by atoms with Crippen LogP contribution >= 0.6 is 15.9 Å². The monoisotopic (exact) mass is 652 g/mol. The van der Waals surface area contributed by atoms with E-state index < -0.39 is 11.8 Å². The van der Waals surface area contributed by atoms with Crippen molar-refractivity contribution >= 4 is 50.4 Å². The number of benzene rings is 4. The van der Waals surface area contributed by atoms with Gasteiger partial charge in [0.25, 0.3) is 5.91 Å². The summed E-state index contributed by atoms with van der Waals surface area (Å²) < 4.78 is 13.2. The van der Waals surface area contributed by atoms with Crippen LogP contribution in [0.1, 0.15) is 21.5 Å². The first-order chi connectivity index (χ1) is 21.4. The standard InChI is InChI=1S/C34H29BrN4O5/c1-43-29-16-13-23(20-30(29)44-2)19-27(36-32(40)24-11-7-4-8-12-24)33(41)38-37-31-26-21-25(35)14-15-28(26)39(34(31)42)18-17-22-9-5-3-6-10-22/h3-16,19-21,42H,17-18H2,1-2H3,(H,36,40)/b27-19+,38-37?. The summed E-state index contributed by atoms with van der Waals surface area (Å²) >= 11 is 3.48. The van der Waals surface area contributed by atoms with Gasteiger partial charge in [0.15, 0.2) is 17.2 Å². The van der Waals surface area contributed by atoms with Crippen LogP contribution in [0.2, 0.25) is 0 Å². The first kappa shape index (κ1) is 30.2. The highest BCUT2D eigenvalue weighted by Gasteiger charge is 2.19. The Morgan fingerprint density at radius 2 is 1.61 bits per heavy atom. The van der Waals surface area contributed by atoms with Crippen molar-refractivity contribution in [2.24, 2.45) is 10.2 Å². The van der Waals surface area contributed by atoms with Crippen LogP contribution in [0.15, 0.2) is 117 Å². The molecule has 0 bridgehead atoms. The number of nitrogens with zero attached hydrogens (tertiary/aromatic N) is 3. The van der Waals surface area contributed by atoms with Crippen LogP contribution in [-0.2, 0) is 17.8 Å². The fourth-order valence-electron chi connectivity index (χ4n) is 4.70. The molecule has 9 nitrogen and oxygen atoms in total. The summed E-state index contributed by atoms with van der Waals surface area (Å²) in [6.45, 7) is 0.481. The molecule has 0 radical (unpaired) electrons. The number of hydrogen-bond donors (Lipinski definition) is 2. The van der Waals surface area contributed by atoms with Crippen LogP contribution in [-0.4, -0.2) is 35.7 Å². The lowest BCUT2D eigenvalue weighted by Crippen LogP contribution is -2.26. The summed E-state index contributed by atoms with van der Waals surface area (Å²) in [6.07, 6.45) is 2.15. The lowest BCUT2D eigenvalue weighted by Gasteiger charge is -2.10. The first-order valence-corrected chi connectivity index (χ1v) is 14.5. The quantitative estimate of drug-likeness (QED) is 0.120. The number of rotatable bonds is 10. The van der Waals surface area contributed by atoms with Crippen molar-refractivity contribution in [1.82, 2.24) is 9.88 Å². The molecule has 0 saturated heterocycles. The molecular weight excluding hydrogens is 624 g/mol. The number of fused-ring (bicyclic) bond motifs is 1. The third kappa shape index (κ3) is 6.87. The van der Waals surface area contributed by atoms with Gasteiger partial charge in [-0.3, -0.25) is 9.59 Å². The van der Waals surface area contributed by atoms with E-state index in [9.17, 15) is 14.7 Å². The molecule has 0 spiro atoms. The number of hydrogen-bond acceptors (Lipinski definition) is 6.